The summed E-state index contributed by atoms with van der Waals surface area (Å²) in [6, 6.07) is 9.05. The number of ether oxygens (including phenoxy) is 1. The Kier molecular flexibility index (Phi) is 5.06. The molecule has 1 heterocycles. The summed E-state index contributed by atoms with van der Waals surface area (Å²) >= 11 is 0. The van der Waals surface area contributed by atoms with Gasteiger partial charge in [-0.1, -0.05) is 26.0 Å². The van der Waals surface area contributed by atoms with Crippen LogP contribution in [0.25, 0.3) is 0 Å². The van der Waals surface area contributed by atoms with Crippen LogP contribution >= 0.6 is 0 Å². The van der Waals surface area contributed by atoms with E-state index in [4.69, 9.17) is 4.74 Å². The zero-order valence-electron chi connectivity index (χ0n) is 13.3. The molecule has 0 saturated carbocycles. The van der Waals surface area contributed by atoms with Crippen LogP contribution in [0.15, 0.2) is 24.3 Å². The topological polar surface area (TPSA) is 24.5 Å². The maximum atomic E-state index is 5.33. The Morgan fingerprint density at radius 3 is 2.85 bits per heavy atom. The molecule has 3 nitrogen and oxygen atoms in total. The van der Waals surface area contributed by atoms with Crippen LogP contribution in [-0.2, 0) is 6.54 Å². The van der Waals surface area contributed by atoms with E-state index in [2.05, 4.69) is 49.2 Å². The number of nitrogens with zero attached hydrogens (tertiary/aromatic N) is 1. The van der Waals surface area contributed by atoms with Crippen molar-refractivity contribution in [2.24, 2.45) is 0 Å². The molecule has 0 amide bonds. The minimum atomic E-state index is 0.245. The first kappa shape index (κ1) is 15.3. The molecule has 1 N–H and O–H groups in total. The highest BCUT2D eigenvalue weighted by Crippen LogP contribution is 2.26. The third-order valence-electron chi connectivity index (χ3n) is 4.74. The maximum absolute atomic E-state index is 5.33. The van der Waals surface area contributed by atoms with E-state index >= 15 is 0 Å². The molecule has 1 aliphatic heterocycles. The Morgan fingerprint density at radius 2 is 2.20 bits per heavy atom. The van der Waals surface area contributed by atoms with Crippen LogP contribution in [0.2, 0.25) is 0 Å². The fourth-order valence-electron chi connectivity index (χ4n) is 2.90. The fraction of sp³-hybridized carbons (Fsp3) is 0.647. The molecule has 2 atom stereocenters. The Morgan fingerprint density at radius 1 is 1.40 bits per heavy atom. The standard InChI is InChI=1S/C17H28N2O/c1-5-15-12-19(17(3,6-2)13-18-15)11-14-8-7-9-16(10-14)20-4/h7-10,15,18H,5-6,11-13H2,1-4H3. The molecule has 112 valence electrons. The van der Waals surface area contributed by atoms with Gasteiger partial charge in [-0.15, -0.1) is 0 Å². The molecule has 20 heavy (non-hydrogen) atoms. The van der Waals surface area contributed by atoms with Crippen molar-refractivity contribution in [1.29, 1.82) is 0 Å². The molecule has 0 aliphatic carbocycles. The quantitative estimate of drug-likeness (QED) is 0.894. The third-order valence-corrected chi connectivity index (χ3v) is 4.74. The molecule has 3 heteroatoms. The summed E-state index contributed by atoms with van der Waals surface area (Å²) in [7, 11) is 1.73. The molecule has 0 bridgehead atoms. The van der Waals surface area contributed by atoms with E-state index in [1.807, 2.05) is 6.07 Å². The Labute approximate surface area is 123 Å². The molecule has 0 spiro atoms. The lowest BCUT2D eigenvalue weighted by atomic mass is 9.91. The first-order valence-corrected chi connectivity index (χ1v) is 7.72. The summed E-state index contributed by atoms with van der Waals surface area (Å²) in [6.07, 6.45) is 2.36. The first-order chi connectivity index (χ1) is 9.61. The van der Waals surface area contributed by atoms with Gasteiger partial charge in [-0.05, 0) is 37.5 Å². The van der Waals surface area contributed by atoms with Crippen LogP contribution < -0.4 is 10.1 Å². The van der Waals surface area contributed by atoms with E-state index in [9.17, 15) is 0 Å². The van der Waals surface area contributed by atoms with Gasteiger partial charge in [0.2, 0.25) is 0 Å². The number of hydrogen-bond donors (Lipinski definition) is 1. The van der Waals surface area contributed by atoms with Crippen molar-refractivity contribution in [2.75, 3.05) is 20.2 Å². The lowest BCUT2D eigenvalue weighted by Crippen LogP contribution is -2.62. The number of hydrogen-bond acceptors (Lipinski definition) is 3. The van der Waals surface area contributed by atoms with Gasteiger partial charge in [0.25, 0.3) is 0 Å². The number of nitrogens with one attached hydrogen (secondary N) is 1. The van der Waals surface area contributed by atoms with E-state index in [1.54, 1.807) is 7.11 Å². The average Bonchev–Trinajstić information content (AvgIpc) is 2.49. The van der Waals surface area contributed by atoms with Gasteiger partial charge in [-0.2, -0.15) is 0 Å². The molecule has 0 aromatic heterocycles. The van der Waals surface area contributed by atoms with Gasteiger partial charge in [0.05, 0.1) is 7.11 Å². The second kappa shape index (κ2) is 6.59. The highest BCUT2D eigenvalue weighted by atomic mass is 16.5. The minimum absolute atomic E-state index is 0.245. The molecule has 1 aromatic carbocycles. The van der Waals surface area contributed by atoms with Gasteiger partial charge in [0.15, 0.2) is 0 Å². The summed E-state index contributed by atoms with van der Waals surface area (Å²) < 4.78 is 5.33. The fourth-order valence-corrected chi connectivity index (χ4v) is 2.90. The Bertz CT molecular complexity index is 435. The highest BCUT2D eigenvalue weighted by molar-refractivity contribution is 5.28. The van der Waals surface area contributed by atoms with E-state index in [0.29, 0.717) is 6.04 Å². The van der Waals surface area contributed by atoms with Crippen LogP contribution in [-0.4, -0.2) is 36.7 Å². The molecule has 1 aromatic rings. The predicted octanol–water partition coefficient (Wildman–Crippen LogP) is 3.05. The van der Waals surface area contributed by atoms with Crippen molar-refractivity contribution >= 4 is 0 Å². The molecular formula is C17H28N2O. The van der Waals surface area contributed by atoms with Crippen molar-refractivity contribution < 1.29 is 4.74 Å². The summed E-state index contributed by atoms with van der Waals surface area (Å²) in [5.74, 6) is 0.947. The second-order valence-corrected chi connectivity index (χ2v) is 6.07. The molecule has 0 radical (unpaired) electrons. The van der Waals surface area contributed by atoms with E-state index < -0.39 is 0 Å². The largest absolute Gasteiger partial charge is 0.497 e. The molecule has 1 aliphatic rings. The lowest BCUT2D eigenvalue weighted by molar-refractivity contribution is 0.0408. The molecular weight excluding hydrogens is 248 g/mol. The zero-order chi connectivity index (χ0) is 14.6. The Balaban J connectivity index is 2.14. The number of rotatable bonds is 5. The first-order valence-electron chi connectivity index (χ1n) is 7.72. The van der Waals surface area contributed by atoms with Crippen molar-refractivity contribution in [1.82, 2.24) is 10.2 Å². The molecule has 1 fully saturated rings. The predicted molar refractivity (Wildman–Crippen MR) is 84.2 cm³/mol. The van der Waals surface area contributed by atoms with E-state index in [-0.39, 0.29) is 5.54 Å². The number of methoxy groups -OCH3 is 1. The van der Waals surface area contributed by atoms with Crippen molar-refractivity contribution in [3.63, 3.8) is 0 Å². The maximum Gasteiger partial charge on any atom is 0.119 e. The smallest absolute Gasteiger partial charge is 0.119 e. The van der Waals surface area contributed by atoms with E-state index in [1.165, 1.54) is 18.4 Å². The molecule has 2 rings (SSSR count). The van der Waals surface area contributed by atoms with Gasteiger partial charge < -0.3 is 10.1 Å². The van der Waals surface area contributed by atoms with Crippen LogP contribution in [0.5, 0.6) is 5.75 Å². The van der Waals surface area contributed by atoms with Crippen LogP contribution in [0.4, 0.5) is 0 Å². The SMILES string of the molecule is CCC1CN(Cc2cccc(OC)c2)C(C)(CC)CN1. The van der Waals surface area contributed by atoms with Gasteiger partial charge >= 0.3 is 0 Å². The lowest BCUT2D eigenvalue weighted by Gasteiger charge is -2.48. The minimum Gasteiger partial charge on any atom is -0.497 e. The van der Waals surface area contributed by atoms with Crippen LogP contribution in [0.1, 0.15) is 39.2 Å². The molecule has 1 saturated heterocycles. The highest BCUT2D eigenvalue weighted by Gasteiger charge is 2.35. The van der Waals surface area contributed by atoms with Crippen molar-refractivity contribution in [3.05, 3.63) is 29.8 Å². The van der Waals surface area contributed by atoms with Gasteiger partial charge in [-0.3, -0.25) is 4.90 Å². The summed E-state index contributed by atoms with van der Waals surface area (Å²) in [5.41, 5.74) is 1.58. The summed E-state index contributed by atoms with van der Waals surface area (Å²) in [4.78, 5) is 2.63. The van der Waals surface area contributed by atoms with Crippen molar-refractivity contribution in [2.45, 2.75) is 51.7 Å². The van der Waals surface area contributed by atoms with Gasteiger partial charge in [0, 0.05) is 31.2 Å². The molecule has 2 unspecified atom stereocenters. The normalized spacial score (nSPS) is 27.5. The second-order valence-electron chi connectivity index (χ2n) is 6.07. The zero-order valence-corrected chi connectivity index (χ0v) is 13.3. The van der Waals surface area contributed by atoms with E-state index in [0.717, 1.165) is 25.4 Å². The summed E-state index contributed by atoms with van der Waals surface area (Å²) in [5, 5.41) is 3.68. The van der Waals surface area contributed by atoms with Crippen LogP contribution in [0, 0.1) is 0 Å². The van der Waals surface area contributed by atoms with Crippen molar-refractivity contribution in [3.8, 4) is 5.75 Å². The third kappa shape index (κ3) is 3.33. The number of benzene rings is 1. The van der Waals surface area contributed by atoms with Crippen LogP contribution in [0.3, 0.4) is 0 Å². The average molecular weight is 276 g/mol. The number of piperazine rings is 1. The van der Waals surface area contributed by atoms with Gasteiger partial charge in [-0.25, -0.2) is 0 Å². The Hall–Kier alpha value is -1.06. The summed E-state index contributed by atoms with van der Waals surface area (Å²) in [6.45, 7) is 10.1. The monoisotopic (exact) mass is 276 g/mol. The van der Waals surface area contributed by atoms with Gasteiger partial charge in [0.1, 0.15) is 5.75 Å².